The van der Waals surface area contributed by atoms with Crippen molar-refractivity contribution < 1.29 is 19.3 Å². The van der Waals surface area contributed by atoms with E-state index in [1.54, 1.807) is 6.08 Å². The van der Waals surface area contributed by atoms with E-state index < -0.39 is 18.2 Å². The lowest BCUT2D eigenvalue weighted by Crippen LogP contribution is -2.29. The SMILES string of the molecule is C=C[C@@H]1O[C@H](O)[C@@H]2OC(C)(C)OC12. The molecule has 0 amide bonds. The molecule has 4 nitrogen and oxygen atoms in total. The molecule has 4 heteroatoms. The van der Waals surface area contributed by atoms with Gasteiger partial charge in [0.2, 0.25) is 0 Å². The van der Waals surface area contributed by atoms with Crippen molar-refractivity contribution in [2.45, 2.75) is 44.2 Å². The van der Waals surface area contributed by atoms with Gasteiger partial charge in [0, 0.05) is 0 Å². The maximum Gasteiger partial charge on any atom is 0.184 e. The quantitative estimate of drug-likeness (QED) is 0.602. The smallest absolute Gasteiger partial charge is 0.184 e. The van der Waals surface area contributed by atoms with Gasteiger partial charge in [-0.25, -0.2) is 0 Å². The van der Waals surface area contributed by atoms with Gasteiger partial charge in [-0.05, 0) is 13.8 Å². The maximum absolute atomic E-state index is 9.46. The molecule has 0 spiro atoms. The predicted molar refractivity (Wildman–Crippen MR) is 44.9 cm³/mol. The minimum absolute atomic E-state index is 0.234. The van der Waals surface area contributed by atoms with Crippen LogP contribution in [0, 0.1) is 0 Å². The third-order valence-electron chi connectivity index (χ3n) is 2.30. The fourth-order valence-electron chi connectivity index (χ4n) is 1.80. The molecule has 2 aliphatic rings. The number of aliphatic hydroxyl groups excluding tert-OH is 1. The van der Waals surface area contributed by atoms with Crippen LogP contribution >= 0.6 is 0 Å². The van der Waals surface area contributed by atoms with Crippen molar-refractivity contribution in [3.05, 3.63) is 12.7 Å². The van der Waals surface area contributed by atoms with Crippen molar-refractivity contribution in [2.24, 2.45) is 0 Å². The first-order valence-electron chi connectivity index (χ1n) is 4.35. The first-order valence-corrected chi connectivity index (χ1v) is 4.35. The topological polar surface area (TPSA) is 47.9 Å². The Bertz CT molecular complexity index is 226. The van der Waals surface area contributed by atoms with Crippen molar-refractivity contribution in [2.75, 3.05) is 0 Å². The average molecular weight is 186 g/mol. The first kappa shape index (κ1) is 9.15. The molecule has 0 aliphatic carbocycles. The summed E-state index contributed by atoms with van der Waals surface area (Å²) in [5, 5.41) is 9.46. The van der Waals surface area contributed by atoms with E-state index in [1.165, 1.54) is 0 Å². The van der Waals surface area contributed by atoms with E-state index in [0.29, 0.717) is 0 Å². The molecule has 2 aliphatic heterocycles. The van der Waals surface area contributed by atoms with E-state index >= 15 is 0 Å². The lowest BCUT2D eigenvalue weighted by Gasteiger charge is -2.21. The molecular formula is C9H14O4. The number of hydrogen-bond acceptors (Lipinski definition) is 4. The molecule has 0 bridgehead atoms. The zero-order chi connectivity index (χ0) is 9.64. The molecule has 0 aromatic rings. The Morgan fingerprint density at radius 1 is 1.31 bits per heavy atom. The van der Waals surface area contributed by atoms with Gasteiger partial charge in [-0.1, -0.05) is 6.08 Å². The van der Waals surface area contributed by atoms with Crippen LogP contribution in [0.4, 0.5) is 0 Å². The molecule has 0 aromatic heterocycles. The van der Waals surface area contributed by atoms with Crippen LogP contribution in [-0.4, -0.2) is 35.5 Å². The Balaban J connectivity index is 2.17. The summed E-state index contributed by atoms with van der Waals surface area (Å²) in [6, 6.07) is 0. The number of hydrogen-bond donors (Lipinski definition) is 1. The average Bonchev–Trinajstić information content (AvgIpc) is 2.47. The van der Waals surface area contributed by atoms with Gasteiger partial charge in [-0.2, -0.15) is 0 Å². The van der Waals surface area contributed by atoms with Crippen molar-refractivity contribution >= 4 is 0 Å². The standard InChI is InChI=1S/C9H14O4/c1-4-5-6-7(8(10)11-5)13-9(2,3)12-6/h4-8,10H,1H2,2-3H3/t5-,6?,7+,8-/m0/s1. The molecule has 74 valence electrons. The highest BCUT2D eigenvalue weighted by atomic mass is 16.8. The molecule has 0 aromatic carbocycles. The molecule has 2 fully saturated rings. The third kappa shape index (κ3) is 1.40. The normalized spacial score (nSPS) is 47.6. The van der Waals surface area contributed by atoms with Gasteiger partial charge in [0.25, 0.3) is 0 Å². The van der Waals surface area contributed by atoms with Crippen LogP contribution in [0.5, 0.6) is 0 Å². The van der Waals surface area contributed by atoms with Gasteiger partial charge in [0.05, 0.1) is 0 Å². The van der Waals surface area contributed by atoms with E-state index in [1.807, 2.05) is 13.8 Å². The van der Waals surface area contributed by atoms with Crippen LogP contribution in [0.1, 0.15) is 13.8 Å². The molecular weight excluding hydrogens is 172 g/mol. The summed E-state index contributed by atoms with van der Waals surface area (Å²) in [6.45, 7) is 7.25. The summed E-state index contributed by atoms with van der Waals surface area (Å²) >= 11 is 0. The van der Waals surface area contributed by atoms with Crippen molar-refractivity contribution in [1.82, 2.24) is 0 Å². The highest BCUT2D eigenvalue weighted by Crippen LogP contribution is 2.37. The number of ether oxygens (including phenoxy) is 3. The number of aliphatic hydroxyl groups is 1. The fourth-order valence-corrected chi connectivity index (χ4v) is 1.80. The monoisotopic (exact) mass is 186 g/mol. The number of rotatable bonds is 1. The lowest BCUT2D eigenvalue weighted by molar-refractivity contribution is -0.214. The summed E-state index contributed by atoms with van der Waals surface area (Å²) < 4.78 is 16.2. The van der Waals surface area contributed by atoms with Crippen molar-refractivity contribution in [1.29, 1.82) is 0 Å². The van der Waals surface area contributed by atoms with Crippen LogP contribution in [0.3, 0.4) is 0 Å². The summed E-state index contributed by atoms with van der Waals surface area (Å²) in [5.41, 5.74) is 0. The molecule has 2 saturated heterocycles. The summed E-state index contributed by atoms with van der Waals surface area (Å²) in [5.74, 6) is -0.638. The van der Waals surface area contributed by atoms with Crippen molar-refractivity contribution in [3.63, 3.8) is 0 Å². The van der Waals surface area contributed by atoms with Gasteiger partial charge >= 0.3 is 0 Å². The highest BCUT2D eigenvalue weighted by Gasteiger charge is 2.53. The fraction of sp³-hybridized carbons (Fsp3) is 0.778. The van der Waals surface area contributed by atoms with Crippen LogP contribution in [0.2, 0.25) is 0 Å². The second-order valence-electron chi connectivity index (χ2n) is 3.79. The Kier molecular flexibility index (Phi) is 1.96. The third-order valence-corrected chi connectivity index (χ3v) is 2.30. The summed E-state index contributed by atoms with van der Waals surface area (Å²) in [6.07, 6.45) is -0.185. The van der Waals surface area contributed by atoms with Crippen LogP contribution in [0.25, 0.3) is 0 Å². The van der Waals surface area contributed by atoms with E-state index in [0.717, 1.165) is 0 Å². The van der Waals surface area contributed by atoms with Crippen LogP contribution < -0.4 is 0 Å². The summed E-state index contributed by atoms with van der Waals surface area (Å²) in [7, 11) is 0. The minimum atomic E-state index is -0.908. The molecule has 0 radical (unpaired) electrons. The Morgan fingerprint density at radius 3 is 2.54 bits per heavy atom. The zero-order valence-electron chi connectivity index (χ0n) is 7.77. The minimum Gasteiger partial charge on any atom is -0.366 e. The molecule has 1 unspecified atom stereocenters. The maximum atomic E-state index is 9.46. The van der Waals surface area contributed by atoms with E-state index in [-0.39, 0.29) is 12.2 Å². The zero-order valence-corrected chi connectivity index (χ0v) is 7.77. The van der Waals surface area contributed by atoms with E-state index in [9.17, 15) is 5.11 Å². The molecule has 1 N–H and O–H groups in total. The van der Waals surface area contributed by atoms with Crippen LogP contribution in [-0.2, 0) is 14.2 Å². The largest absolute Gasteiger partial charge is 0.366 e. The second kappa shape index (κ2) is 2.78. The Morgan fingerprint density at radius 2 is 1.92 bits per heavy atom. The van der Waals surface area contributed by atoms with E-state index in [2.05, 4.69) is 6.58 Å². The second-order valence-corrected chi connectivity index (χ2v) is 3.79. The predicted octanol–water partition coefficient (Wildman–Crippen LogP) is 0.410. The van der Waals surface area contributed by atoms with Gasteiger partial charge in [0.15, 0.2) is 12.1 Å². The Hall–Kier alpha value is -0.420. The molecule has 4 atom stereocenters. The van der Waals surface area contributed by atoms with Gasteiger partial charge in [-0.3, -0.25) is 0 Å². The van der Waals surface area contributed by atoms with Crippen LogP contribution in [0.15, 0.2) is 12.7 Å². The van der Waals surface area contributed by atoms with Gasteiger partial charge in [-0.15, -0.1) is 6.58 Å². The molecule has 0 saturated carbocycles. The molecule has 2 heterocycles. The van der Waals surface area contributed by atoms with Gasteiger partial charge < -0.3 is 19.3 Å². The van der Waals surface area contributed by atoms with Gasteiger partial charge in [0.1, 0.15) is 18.3 Å². The highest BCUT2D eigenvalue weighted by molar-refractivity contribution is 5.01. The molecule has 13 heavy (non-hydrogen) atoms. The first-order chi connectivity index (χ1) is 6.03. The Labute approximate surface area is 77.1 Å². The lowest BCUT2D eigenvalue weighted by atomic mass is 10.1. The van der Waals surface area contributed by atoms with Crippen molar-refractivity contribution in [3.8, 4) is 0 Å². The summed E-state index contributed by atoms with van der Waals surface area (Å²) in [4.78, 5) is 0. The number of fused-ring (bicyclic) bond motifs is 1. The molecule has 2 rings (SSSR count). The van der Waals surface area contributed by atoms with E-state index in [4.69, 9.17) is 14.2 Å².